The molecule has 5 heteroatoms. The molecule has 0 unspecified atom stereocenters. The Labute approximate surface area is 68.3 Å². The Kier molecular flexibility index (Phi) is 2.42. The van der Waals surface area contributed by atoms with Crippen molar-refractivity contribution in [3.63, 3.8) is 0 Å². The topological polar surface area (TPSA) is 40.5 Å². The first-order valence-electron chi connectivity index (χ1n) is 3.51. The van der Waals surface area contributed by atoms with Crippen molar-refractivity contribution in [2.45, 2.75) is 5.92 Å². The summed E-state index contributed by atoms with van der Waals surface area (Å²) >= 11 is 0. The molecule has 3 nitrogen and oxygen atoms in total. The highest BCUT2D eigenvalue weighted by atomic mass is 19.3. The lowest BCUT2D eigenvalue weighted by Gasteiger charge is -2.19. The molecule has 1 aliphatic heterocycles. The molecule has 0 spiro atoms. The fraction of sp³-hybridized carbons (Fsp3) is 0.571. The van der Waals surface area contributed by atoms with Gasteiger partial charge in [-0.15, -0.1) is 0 Å². The van der Waals surface area contributed by atoms with Gasteiger partial charge in [0.25, 0.3) is 0 Å². The minimum absolute atomic E-state index is 0.406. The quantitative estimate of drug-likeness (QED) is 0.641. The van der Waals surface area contributed by atoms with Crippen LogP contribution in [0.25, 0.3) is 0 Å². The number of nitrogens with zero attached hydrogens (tertiary/aromatic N) is 1. The van der Waals surface area contributed by atoms with Crippen LogP contribution >= 0.6 is 0 Å². The van der Waals surface area contributed by atoms with E-state index in [1.807, 2.05) is 0 Å². The maximum absolute atomic E-state index is 12.5. The molecule has 0 aromatic heterocycles. The highest BCUT2D eigenvalue weighted by molar-refractivity contribution is 5.75. The Hall–Kier alpha value is -0.970. The van der Waals surface area contributed by atoms with Crippen LogP contribution in [0.5, 0.6) is 0 Å². The maximum atomic E-state index is 12.5. The highest BCUT2D eigenvalue weighted by Gasteiger charge is 2.40. The summed E-state index contributed by atoms with van der Waals surface area (Å²) in [6.45, 7) is 0.0983. The number of hydrogen-bond acceptors (Lipinski definition) is 2. The minimum atomic E-state index is -3.63. The summed E-state index contributed by atoms with van der Waals surface area (Å²) in [6.07, 6.45) is 3.47. The van der Waals surface area contributed by atoms with E-state index < -0.39 is 18.4 Å². The van der Waals surface area contributed by atoms with Crippen LogP contribution < -0.4 is 0 Å². The molecule has 0 fully saturated rings. The number of carboxylic acid groups (broad SMARTS) is 1. The van der Waals surface area contributed by atoms with Gasteiger partial charge in [-0.2, -0.15) is 8.78 Å². The van der Waals surface area contributed by atoms with Crippen LogP contribution in [0.2, 0.25) is 0 Å². The van der Waals surface area contributed by atoms with Crippen LogP contribution in [0.1, 0.15) is 0 Å². The summed E-state index contributed by atoms with van der Waals surface area (Å²) in [5.41, 5.74) is 0. The van der Waals surface area contributed by atoms with E-state index in [1.165, 1.54) is 4.90 Å². The number of halogens is 2. The predicted octanol–water partition coefficient (Wildman–Crippen LogP) is 0.578. The van der Waals surface area contributed by atoms with E-state index in [0.29, 0.717) is 13.1 Å². The van der Waals surface area contributed by atoms with Crippen LogP contribution in [-0.2, 0) is 4.79 Å². The molecule has 0 amide bonds. The summed E-state index contributed by atoms with van der Waals surface area (Å²) < 4.78 is 25.1. The molecule has 0 aromatic rings. The van der Waals surface area contributed by atoms with Crippen molar-refractivity contribution in [3.05, 3.63) is 12.2 Å². The third-order valence-electron chi connectivity index (χ3n) is 1.63. The van der Waals surface area contributed by atoms with Crippen molar-refractivity contribution < 1.29 is 18.7 Å². The van der Waals surface area contributed by atoms with E-state index in [1.54, 1.807) is 12.2 Å². The van der Waals surface area contributed by atoms with E-state index in [2.05, 4.69) is 0 Å². The number of rotatable bonds is 3. The Balaban J connectivity index is 2.44. The average molecular weight is 177 g/mol. The molecule has 1 N–H and O–H groups in total. The van der Waals surface area contributed by atoms with Crippen LogP contribution in [0.4, 0.5) is 8.78 Å². The second kappa shape index (κ2) is 3.18. The Morgan fingerprint density at radius 1 is 1.50 bits per heavy atom. The smallest absolute Gasteiger partial charge is 0.375 e. The molecule has 0 saturated heterocycles. The molecule has 0 aliphatic carbocycles. The van der Waals surface area contributed by atoms with Gasteiger partial charge in [0.1, 0.15) is 0 Å². The molecule has 68 valence electrons. The van der Waals surface area contributed by atoms with Crippen molar-refractivity contribution in [1.29, 1.82) is 0 Å². The van der Waals surface area contributed by atoms with Gasteiger partial charge in [-0.1, -0.05) is 12.2 Å². The summed E-state index contributed by atoms with van der Waals surface area (Å²) in [7, 11) is 0. The summed E-state index contributed by atoms with van der Waals surface area (Å²) in [5.74, 6) is -5.69. The maximum Gasteiger partial charge on any atom is 0.375 e. The van der Waals surface area contributed by atoms with E-state index in [-0.39, 0.29) is 0 Å². The number of carbonyl (C=O) groups is 1. The Morgan fingerprint density at radius 3 is 2.42 bits per heavy atom. The fourth-order valence-corrected chi connectivity index (χ4v) is 0.999. The average Bonchev–Trinajstić information content (AvgIpc) is 2.38. The lowest BCUT2D eigenvalue weighted by atomic mass is 10.3. The predicted molar refractivity (Wildman–Crippen MR) is 38.2 cm³/mol. The molecule has 1 heterocycles. The summed E-state index contributed by atoms with van der Waals surface area (Å²) in [4.78, 5) is 11.4. The van der Waals surface area contributed by atoms with Crippen molar-refractivity contribution in [2.75, 3.05) is 19.6 Å². The normalized spacial score (nSPS) is 18.5. The standard InChI is InChI=1S/C7H9F2NO2/c8-7(9,6(11)12)5-10-3-1-2-4-10/h1-2H,3-5H2,(H,11,12). The molecule has 12 heavy (non-hydrogen) atoms. The van der Waals surface area contributed by atoms with Crippen LogP contribution in [0, 0.1) is 0 Å². The second-order valence-corrected chi connectivity index (χ2v) is 2.68. The first-order valence-corrected chi connectivity index (χ1v) is 3.51. The molecular weight excluding hydrogens is 168 g/mol. The zero-order valence-electron chi connectivity index (χ0n) is 6.33. The third kappa shape index (κ3) is 2.01. The van der Waals surface area contributed by atoms with Crippen molar-refractivity contribution in [3.8, 4) is 0 Å². The molecule has 0 bridgehead atoms. The molecule has 0 saturated carbocycles. The monoisotopic (exact) mass is 177 g/mol. The van der Waals surface area contributed by atoms with Gasteiger partial charge in [0, 0.05) is 13.1 Å². The highest BCUT2D eigenvalue weighted by Crippen LogP contribution is 2.16. The number of hydrogen-bond donors (Lipinski definition) is 1. The summed E-state index contributed by atoms with van der Waals surface area (Å²) in [5, 5.41) is 8.10. The molecule has 0 atom stereocenters. The van der Waals surface area contributed by atoms with E-state index >= 15 is 0 Å². The first-order chi connectivity index (χ1) is 5.52. The Bertz CT molecular complexity index is 207. The van der Waals surface area contributed by atoms with Crippen LogP contribution in [0.15, 0.2) is 12.2 Å². The molecule has 1 rings (SSSR count). The second-order valence-electron chi connectivity index (χ2n) is 2.68. The van der Waals surface area contributed by atoms with Crippen LogP contribution in [-0.4, -0.2) is 41.5 Å². The zero-order chi connectivity index (χ0) is 9.19. The fourth-order valence-electron chi connectivity index (χ4n) is 0.999. The lowest BCUT2D eigenvalue weighted by molar-refractivity contribution is -0.166. The largest absolute Gasteiger partial charge is 0.477 e. The third-order valence-corrected chi connectivity index (χ3v) is 1.63. The lowest BCUT2D eigenvalue weighted by Crippen LogP contribution is -2.41. The van der Waals surface area contributed by atoms with Crippen molar-refractivity contribution >= 4 is 5.97 Å². The molecule has 0 aromatic carbocycles. The minimum Gasteiger partial charge on any atom is -0.477 e. The van der Waals surface area contributed by atoms with Crippen molar-refractivity contribution in [1.82, 2.24) is 4.90 Å². The molecule has 0 radical (unpaired) electrons. The van der Waals surface area contributed by atoms with Gasteiger partial charge in [-0.25, -0.2) is 4.79 Å². The van der Waals surface area contributed by atoms with Crippen molar-refractivity contribution in [2.24, 2.45) is 0 Å². The van der Waals surface area contributed by atoms with Crippen LogP contribution in [0.3, 0.4) is 0 Å². The van der Waals surface area contributed by atoms with E-state index in [4.69, 9.17) is 5.11 Å². The molecule has 1 aliphatic rings. The van der Waals surface area contributed by atoms with Gasteiger partial charge >= 0.3 is 11.9 Å². The SMILES string of the molecule is O=C(O)C(F)(F)CN1CC=CC1. The molecular formula is C7H9F2NO2. The first kappa shape index (κ1) is 9.12. The summed E-state index contributed by atoms with van der Waals surface area (Å²) in [6, 6.07) is 0. The number of aliphatic carboxylic acids is 1. The van der Waals surface area contributed by atoms with Gasteiger partial charge in [0.15, 0.2) is 0 Å². The number of carboxylic acids is 1. The number of alkyl halides is 2. The van der Waals surface area contributed by atoms with Gasteiger partial charge in [0.05, 0.1) is 6.54 Å². The van der Waals surface area contributed by atoms with E-state index in [0.717, 1.165) is 0 Å². The van der Waals surface area contributed by atoms with Gasteiger partial charge in [-0.3, -0.25) is 4.90 Å². The Morgan fingerprint density at radius 2 is 2.00 bits per heavy atom. The van der Waals surface area contributed by atoms with Gasteiger partial charge in [-0.05, 0) is 0 Å². The zero-order valence-corrected chi connectivity index (χ0v) is 6.33. The van der Waals surface area contributed by atoms with Gasteiger partial charge < -0.3 is 5.11 Å². The van der Waals surface area contributed by atoms with Gasteiger partial charge in [0.2, 0.25) is 0 Å². The van der Waals surface area contributed by atoms with E-state index in [9.17, 15) is 13.6 Å².